The Bertz CT molecular complexity index is 937. The molecule has 0 aliphatic heterocycles. The summed E-state index contributed by atoms with van der Waals surface area (Å²) < 4.78 is 40.0. The molecule has 3 aromatic rings. The van der Waals surface area contributed by atoms with Gasteiger partial charge in [-0.2, -0.15) is 4.98 Å². The third-order valence-electron chi connectivity index (χ3n) is 3.13. The van der Waals surface area contributed by atoms with Crippen LogP contribution in [-0.2, 0) is 0 Å². The van der Waals surface area contributed by atoms with Crippen LogP contribution in [-0.4, -0.2) is 9.97 Å². The van der Waals surface area contributed by atoms with E-state index < -0.39 is 17.5 Å². The number of nitrogens with one attached hydrogen (secondary N) is 2. The number of rotatable bonds is 4. The summed E-state index contributed by atoms with van der Waals surface area (Å²) in [5, 5.41) is 6.32. The number of aromatic nitrogens is 2. The van der Waals surface area contributed by atoms with Crippen molar-refractivity contribution < 1.29 is 13.2 Å². The Hall–Kier alpha value is -2.51. The Morgan fingerprint density at radius 1 is 0.840 bits per heavy atom. The average Bonchev–Trinajstić information content (AvgIpc) is 2.59. The van der Waals surface area contributed by atoms with Gasteiger partial charge in [0.2, 0.25) is 5.95 Å². The molecular formula is C16H9Cl2F3N4. The van der Waals surface area contributed by atoms with E-state index in [2.05, 4.69) is 20.6 Å². The summed E-state index contributed by atoms with van der Waals surface area (Å²) >= 11 is 12.0. The summed E-state index contributed by atoms with van der Waals surface area (Å²) in [4.78, 5) is 8.01. The molecule has 0 aliphatic carbocycles. The van der Waals surface area contributed by atoms with Crippen molar-refractivity contribution in [2.24, 2.45) is 0 Å². The zero-order valence-corrected chi connectivity index (χ0v) is 13.8. The number of hydrogen-bond donors (Lipinski definition) is 2. The number of nitrogens with zero attached hydrogens (tertiary/aromatic N) is 2. The molecule has 0 bridgehead atoms. The highest BCUT2D eigenvalue weighted by Crippen LogP contribution is 2.28. The molecular weight excluding hydrogens is 376 g/mol. The van der Waals surface area contributed by atoms with Gasteiger partial charge in [0.15, 0.2) is 17.5 Å². The van der Waals surface area contributed by atoms with Gasteiger partial charge in [-0.3, -0.25) is 0 Å². The molecule has 0 saturated heterocycles. The molecule has 0 aliphatic rings. The molecule has 128 valence electrons. The minimum Gasteiger partial charge on any atom is -0.339 e. The highest BCUT2D eigenvalue weighted by molar-refractivity contribution is 6.35. The van der Waals surface area contributed by atoms with E-state index in [-0.39, 0.29) is 11.6 Å². The smallest absolute Gasteiger partial charge is 0.229 e. The van der Waals surface area contributed by atoms with Crippen LogP contribution in [0.15, 0.2) is 42.6 Å². The Morgan fingerprint density at radius 2 is 1.64 bits per heavy atom. The van der Waals surface area contributed by atoms with Gasteiger partial charge in [-0.15, -0.1) is 0 Å². The van der Waals surface area contributed by atoms with Crippen molar-refractivity contribution in [1.29, 1.82) is 0 Å². The summed E-state index contributed by atoms with van der Waals surface area (Å²) in [6.07, 6.45) is 1.40. The average molecular weight is 385 g/mol. The molecule has 0 spiro atoms. The van der Waals surface area contributed by atoms with Crippen molar-refractivity contribution in [3.05, 3.63) is 70.1 Å². The first-order chi connectivity index (χ1) is 11.9. The standard InChI is InChI=1S/C16H9Cl2F3N4/c17-8-1-2-9(18)12(7-8)23-13-5-6-22-16(25-13)24-11-4-3-10(19)14(20)15(11)21/h1-7H,(H2,22,23,24,25). The van der Waals surface area contributed by atoms with Crippen molar-refractivity contribution in [2.45, 2.75) is 0 Å². The second kappa shape index (κ2) is 7.16. The lowest BCUT2D eigenvalue weighted by Gasteiger charge is -2.10. The first-order valence-electron chi connectivity index (χ1n) is 6.89. The maximum Gasteiger partial charge on any atom is 0.229 e. The van der Waals surface area contributed by atoms with Gasteiger partial charge in [-0.05, 0) is 36.4 Å². The Balaban J connectivity index is 1.85. The second-order valence-electron chi connectivity index (χ2n) is 4.86. The van der Waals surface area contributed by atoms with E-state index in [4.69, 9.17) is 23.2 Å². The summed E-state index contributed by atoms with van der Waals surface area (Å²) in [6.45, 7) is 0. The van der Waals surface area contributed by atoms with E-state index in [0.29, 0.717) is 21.6 Å². The maximum absolute atomic E-state index is 13.7. The van der Waals surface area contributed by atoms with Gasteiger partial charge in [0.05, 0.1) is 16.4 Å². The van der Waals surface area contributed by atoms with Crippen molar-refractivity contribution in [2.75, 3.05) is 10.6 Å². The Morgan fingerprint density at radius 3 is 2.44 bits per heavy atom. The fourth-order valence-corrected chi connectivity index (χ4v) is 2.30. The third kappa shape index (κ3) is 3.94. The summed E-state index contributed by atoms with van der Waals surface area (Å²) in [7, 11) is 0. The fraction of sp³-hybridized carbons (Fsp3) is 0. The van der Waals surface area contributed by atoms with Gasteiger partial charge in [0, 0.05) is 11.2 Å². The van der Waals surface area contributed by atoms with E-state index >= 15 is 0 Å². The van der Waals surface area contributed by atoms with E-state index in [0.717, 1.165) is 12.1 Å². The Labute approximate surface area is 150 Å². The van der Waals surface area contributed by atoms with Crippen LogP contribution in [0, 0.1) is 17.5 Å². The lowest BCUT2D eigenvalue weighted by Crippen LogP contribution is -2.03. The summed E-state index contributed by atoms with van der Waals surface area (Å²) in [5.74, 6) is -3.91. The minimum atomic E-state index is -1.58. The van der Waals surface area contributed by atoms with Crippen LogP contribution in [0.3, 0.4) is 0 Å². The molecule has 0 fully saturated rings. The zero-order chi connectivity index (χ0) is 18.0. The van der Waals surface area contributed by atoms with E-state index in [1.807, 2.05) is 0 Å². The maximum atomic E-state index is 13.7. The molecule has 1 heterocycles. The van der Waals surface area contributed by atoms with Gasteiger partial charge in [-0.1, -0.05) is 23.2 Å². The Kier molecular flexibility index (Phi) is 4.96. The minimum absolute atomic E-state index is 0.0203. The number of anilines is 4. The molecule has 9 heteroatoms. The summed E-state index contributed by atoms with van der Waals surface area (Å²) in [6, 6.07) is 8.24. The molecule has 2 aromatic carbocycles. The predicted molar refractivity (Wildman–Crippen MR) is 91.4 cm³/mol. The first kappa shape index (κ1) is 17.3. The fourth-order valence-electron chi connectivity index (χ4n) is 1.96. The van der Waals surface area contributed by atoms with Gasteiger partial charge in [-0.25, -0.2) is 18.2 Å². The van der Waals surface area contributed by atoms with Gasteiger partial charge >= 0.3 is 0 Å². The van der Waals surface area contributed by atoms with Crippen LogP contribution in [0.1, 0.15) is 0 Å². The van der Waals surface area contributed by atoms with Crippen LogP contribution in [0.5, 0.6) is 0 Å². The quantitative estimate of drug-likeness (QED) is 0.567. The summed E-state index contributed by atoms with van der Waals surface area (Å²) in [5.41, 5.74) is 0.217. The molecule has 0 atom stereocenters. The molecule has 25 heavy (non-hydrogen) atoms. The largest absolute Gasteiger partial charge is 0.339 e. The molecule has 0 radical (unpaired) electrons. The topological polar surface area (TPSA) is 49.8 Å². The molecule has 1 aromatic heterocycles. The predicted octanol–water partition coefficient (Wildman–Crippen LogP) is 5.69. The lowest BCUT2D eigenvalue weighted by atomic mass is 10.3. The van der Waals surface area contributed by atoms with Crippen molar-refractivity contribution in [3.8, 4) is 0 Å². The first-order valence-corrected chi connectivity index (χ1v) is 7.65. The highest BCUT2D eigenvalue weighted by atomic mass is 35.5. The van der Waals surface area contributed by atoms with E-state index in [1.165, 1.54) is 6.20 Å². The van der Waals surface area contributed by atoms with Gasteiger partial charge < -0.3 is 10.6 Å². The van der Waals surface area contributed by atoms with Gasteiger partial charge in [0.1, 0.15) is 5.82 Å². The van der Waals surface area contributed by atoms with Crippen LogP contribution in [0.25, 0.3) is 0 Å². The van der Waals surface area contributed by atoms with Gasteiger partial charge in [0.25, 0.3) is 0 Å². The molecule has 4 nitrogen and oxygen atoms in total. The molecule has 3 rings (SSSR count). The van der Waals surface area contributed by atoms with Crippen LogP contribution in [0.2, 0.25) is 10.0 Å². The van der Waals surface area contributed by atoms with Crippen LogP contribution in [0.4, 0.5) is 36.3 Å². The van der Waals surface area contributed by atoms with E-state index in [1.54, 1.807) is 24.3 Å². The zero-order valence-electron chi connectivity index (χ0n) is 12.3. The van der Waals surface area contributed by atoms with E-state index in [9.17, 15) is 13.2 Å². The monoisotopic (exact) mass is 384 g/mol. The van der Waals surface area contributed by atoms with Crippen LogP contribution >= 0.6 is 23.2 Å². The third-order valence-corrected chi connectivity index (χ3v) is 3.69. The van der Waals surface area contributed by atoms with Crippen molar-refractivity contribution in [3.63, 3.8) is 0 Å². The molecule has 0 saturated carbocycles. The molecule has 2 N–H and O–H groups in total. The normalized spacial score (nSPS) is 10.6. The number of halogens is 5. The SMILES string of the molecule is Fc1ccc(Nc2nccc(Nc3cc(Cl)ccc3Cl)n2)c(F)c1F. The van der Waals surface area contributed by atoms with Crippen molar-refractivity contribution in [1.82, 2.24) is 9.97 Å². The lowest BCUT2D eigenvalue weighted by molar-refractivity contribution is 0.449. The van der Waals surface area contributed by atoms with Crippen LogP contribution < -0.4 is 10.6 Å². The highest BCUT2D eigenvalue weighted by Gasteiger charge is 2.14. The molecule has 0 amide bonds. The van der Waals surface area contributed by atoms with Crippen molar-refractivity contribution >= 4 is 46.3 Å². The molecule has 0 unspecified atom stereocenters. The second-order valence-corrected chi connectivity index (χ2v) is 5.71. The number of benzene rings is 2. The number of hydrogen-bond acceptors (Lipinski definition) is 4.